The largest absolute Gasteiger partial charge is 0.481 e. The van der Waals surface area contributed by atoms with E-state index in [2.05, 4.69) is 0 Å². The van der Waals surface area contributed by atoms with Crippen LogP contribution in [0.5, 0.6) is 0 Å². The molecular formula is C12H13FO2S. The Morgan fingerprint density at radius 2 is 2.19 bits per heavy atom. The van der Waals surface area contributed by atoms with E-state index in [0.29, 0.717) is 17.7 Å². The molecule has 1 aromatic rings. The minimum Gasteiger partial charge on any atom is -0.481 e. The van der Waals surface area contributed by atoms with E-state index in [1.54, 1.807) is 30.0 Å². The molecule has 16 heavy (non-hydrogen) atoms. The van der Waals surface area contributed by atoms with Crippen molar-refractivity contribution in [3.8, 4) is 0 Å². The topological polar surface area (TPSA) is 37.3 Å². The molecule has 1 aromatic carbocycles. The third kappa shape index (κ3) is 2.21. The Hall–Kier alpha value is -1.03. The van der Waals surface area contributed by atoms with Crippen LogP contribution in [0.4, 0.5) is 4.39 Å². The van der Waals surface area contributed by atoms with Gasteiger partial charge in [-0.05, 0) is 23.8 Å². The van der Waals surface area contributed by atoms with Gasteiger partial charge in [-0.1, -0.05) is 18.2 Å². The van der Waals surface area contributed by atoms with Crippen LogP contribution in [-0.4, -0.2) is 22.6 Å². The molecule has 1 N–H and O–H groups in total. The van der Waals surface area contributed by atoms with E-state index < -0.39 is 11.9 Å². The number of carboxylic acid groups (broad SMARTS) is 1. The molecule has 0 bridgehead atoms. The zero-order valence-corrected chi connectivity index (χ0v) is 9.54. The van der Waals surface area contributed by atoms with Crippen LogP contribution in [0.25, 0.3) is 0 Å². The first kappa shape index (κ1) is 11.5. The number of benzene rings is 1. The molecule has 0 aliphatic carbocycles. The average Bonchev–Trinajstić information content (AvgIpc) is 2.29. The Balaban J connectivity index is 2.30. The van der Waals surface area contributed by atoms with Gasteiger partial charge in [-0.25, -0.2) is 4.39 Å². The summed E-state index contributed by atoms with van der Waals surface area (Å²) in [7, 11) is 0. The zero-order valence-electron chi connectivity index (χ0n) is 8.73. The number of carboxylic acids is 1. The van der Waals surface area contributed by atoms with Gasteiger partial charge >= 0.3 is 5.97 Å². The molecule has 0 amide bonds. The van der Waals surface area contributed by atoms with E-state index in [1.807, 2.05) is 0 Å². The lowest BCUT2D eigenvalue weighted by molar-refractivity contribution is -0.142. The number of thioether (sulfide) groups is 1. The fourth-order valence-electron chi connectivity index (χ4n) is 2.12. The van der Waals surface area contributed by atoms with Gasteiger partial charge in [0, 0.05) is 11.7 Å². The van der Waals surface area contributed by atoms with Gasteiger partial charge in [-0.2, -0.15) is 11.8 Å². The lowest BCUT2D eigenvalue weighted by Gasteiger charge is -2.28. The van der Waals surface area contributed by atoms with Crippen molar-refractivity contribution >= 4 is 17.7 Å². The quantitative estimate of drug-likeness (QED) is 0.863. The molecule has 1 heterocycles. The predicted molar refractivity (Wildman–Crippen MR) is 62.2 cm³/mol. The Morgan fingerprint density at radius 3 is 2.88 bits per heavy atom. The minimum atomic E-state index is -0.812. The molecule has 1 aliphatic heterocycles. The first-order chi connectivity index (χ1) is 7.70. The van der Waals surface area contributed by atoms with Gasteiger partial charge in [-0.3, -0.25) is 4.79 Å². The van der Waals surface area contributed by atoms with Crippen molar-refractivity contribution in [3.05, 3.63) is 35.6 Å². The lowest BCUT2D eigenvalue weighted by atomic mass is 9.85. The maximum atomic E-state index is 13.6. The Kier molecular flexibility index (Phi) is 3.49. The summed E-state index contributed by atoms with van der Waals surface area (Å²) in [4.78, 5) is 11.1. The molecule has 0 aromatic heterocycles. The Bertz CT molecular complexity index is 394. The minimum absolute atomic E-state index is 0.197. The third-order valence-corrected chi connectivity index (χ3v) is 4.10. The number of halogens is 1. The summed E-state index contributed by atoms with van der Waals surface area (Å²) in [6.07, 6.45) is 0.624. The zero-order chi connectivity index (χ0) is 11.5. The average molecular weight is 240 g/mol. The van der Waals surface area contributed by atoms with Crippen molar-refractivity contribution in [2.24, 2.45) is 5.92 Å². The second-order valence-electron chi connectivity index (χ2n) is 3.94. The van der Waals surface area contributed by atoms with E-state index >= 15 is 0 Å². The monoisotopic (exact) mass is 240 g/mol. The lowest BCUT2D eigenvalue weighted by Crippen LogP contribution is -2.28. The molecule has 2 unspecified atom stereocenters. The maximum Gasteiger partial charge on any atom is 0.307 e. The Morgan fingerprint density at radius 1 is 1.44 bits per heavy atom. The molecule has 1 aliphatic rings. The summed E-state index contributed by atoms with van der Waals surface area (Å²) in [6.45, 7) is 0. The van der Waals surface area contributed by atoms with Gasteiger partial charge in [-0.15, -0.1) is 0 Å². The van der Waals surface area contributed by atoms with Gasteiger partial charge in [0.05, 0.1) is 5.92 Å². The molecular weight excluding hydrogens is 227 g/mol. The van der Waals surface area contributed by atoms with Crippen molar-refractivity contribution in [1.82, 2.24) is 0 Å². The third-order valence-electron chi connectivity index (χ3n) is 2.98. The number of hydrogen-bond donors (Lipinski definition) is 1. The maximum absolute atomic E-state index is 13.6. The van der Waals surface area contributed by atoms with Crippen LogP contribution in [0.1, 0.15) is 17.9 Å². The number of aliphatic carboxylic acids is 1. The summed E-state index contributed by atoms with van der Waals surface area (Å²) < 4.78 is 13.6. The van der Waals surface area contributed by atoms with Gasteiger partial charge in [0.1, 0.15) is 5.82 Å². The molecule has 2 nitrogen and oxygen atoms in total. The normalized spacial score (nSPS) is 25.3. The highest BCUT2D eigenvalue weighted by atomic mass is 32.2. The molecule has 1 saturated heterocycles. The number of hydrogen-bond acceptors (Lipinski definition) is 2. The first-order valence-corrected chi connectivity index (χ1v) is 6.40. The van der Waals surface area contributed by atoms with Crippen LogP contribution in [-0.2, 0) is 4.79 Å². The molecule has 2 rings (SSSR count). The standard InChI is InChI=1S/C12H13FO2S/c13-11-4-2-1-3-8(11)10-7-16-6-5-9(10)12(14)15/h1-4,9-10H,5-7H2,(H,14,15). The highest BCUT2D eigenvalue weighted by molar-refractivity contribution is 7.99. The van der Waals surface area contributed by atoms with Crippen molar-refractivity contribution in [2.75, 3.05) is 11.5 Å². The highest BCUT2D eigenvalue weighted by Crippen LogP contribution is 2.37. The fourth-order valence-corrected chi connectivity index (χ4v) is 3.37. The summed E-state index contributed by atoms with van der Waals surface area (Å²) in [6, 6.07) is 6.48. The van der Waals surface area contributed by atoms with Crippen LogP contribution in [0.3, 0.4) is 0 Å². The highest BCUT2D eigenvalue weighted by Gasteiger charge is 2.33. The van der Waals surface area contributed by atoms with Gasteiger partial charge in [0.2, 0.25) is 0 Å². The molecule has 4 heteroatoms. The van der Waals surface area contributed by atoms with Crippen molar-refractivity contribution in [2.45, 2.75) is 12.3 Å². The van der Waals surface area contributed by atoms with Crippen LogP contribution >= 0.6 is 11.8 Å². The number of carbonyl (C=O) groups is 1. The smallest absolute Gasteiger partial charge is 0.307 e. The van der Waals surface area contributed by atoms with Gasteiger partial charge < -0.3 is 5.11 Å². The molecule has 86 valence electrons. The fraction of sp³-hybridized carbons (Fsp3) is 0.417. The van der Waals surface area contributed by atoms with Crippen LogP contribution in [0.15, 0.2) is 24.3 Å². The molecule has 0 saturated carbocycles. The SMILES string of the molecule is O=C(O)C1CCSCC1c1ccccc1F. The van der Waals surface area contributed by atoms with E-state index in [9.17, 15) is 9.18 Å². The Labute approximate surface area is 97.9 Å². The van der Waals surface area contributed by atoms with Gasteiger partial charge in [0.25, 0.3) is 0 Å². The summed E-state index contributed by atoms with van der Waals surface area (Å²) >= 11 is 1.70. The van der Waals surface area contributed by atoms with E-state index in [4.69, 9.17) is 5.11 Å². The van der Waals surface area contributed by atoms with Crippen LogP contribution in [0, 0.1) is 11.7 Å². The predicted octanol–water partition coefficient (Wildman–Crippen LogP) is 2.75. The van der Waals surface area contributed by atoms with Gasteiger partial charge in [0.15, 0.2) is 0 Å². The van der Waals surface area contributed by atoms with E-state index in [-0.39, 0.29) is 11.7 Å². The molecule has 2 atom stereocenters. The van der Waals surface area contributed by atoms with Crippen molar-refractivity contribution in [1.29, 1.82) is 0 Å². The molecule has 1 fully saturated rings. The summed E-state index contributed by atoms with van der Waals surface area (Å²) in [5, 5.41) is 9.13. The summed E-state index contributed by atoms with van der Waals surface area (Å²) in [5.74, 6) is -0.204. The van der Waals surface area contributed by atoms with Crippen molar-refractivity contribution < 1.29 is 14.3 Å². The summed E-state index contributed by atoms with van der Waals surface area (Å²) in [5.41, 5.74) is 0.544. The van der Waals surface area contributed by atoms with Crippen LogP contribution < -0.4 is 0 Å². The molecule has 0 spiro atoms. The van der Waals surface area contributed by atoms with E-state index in [0.717, 1.165) is 5.75 Å². The number of rotatable bonds is 2. The van der Waals surface area contributed by atoms with E-state index in [1.165, 1.54) is 6.07 Å². The van der Waals surface area contributed by atoms with Crippen molar-refractivity contribution in [3.63, 3.8) is 0 Å². The second-order valence-corrected chi connectivity index (χ2v) is 5.09. The molecule has 0 radical (unpaired) electrons. The first-order valence-electron chi connectivity index (χ1n) is 5.25. The second kappa shape index (κ2) is 4.87. The van der Waals surface area contributed by atoms with Crippen LogP contribution in [0.2, 0.25) is 0 Å².